The van der Waals surface area contributed by atoms with Crippen molar-refractivity contribution in [2.24, 2.45) is 0 Å². The molecule has 0 amide bonds. The molecule has 3 aliphatic rings. The Morgan fingerprint density at radius 3 is 2.62 bits per heavy atom. The summed E-state index contributed by atoms with van der Waals surface area (Å²) in [4.78, 5) is 14.6. The van der Waals surface area contributed by atoms with Gasteiger partial charge in [-0.3, -0.25) is 4.90 Å². The number of piperazine rings is 1. The van der Waals surface area contributed by atoms with Crippen LogP contribution in [0.3, 0.4) is 0 Å². The molecule has 8 nitrogen and oxygen atoms in total. The number of rotatable bonds is 6. The van der Waals surface area contributed by atoms with Gasteiger partial charge in [0, 0.05) is 44.2 Å². The molecule has 2 aromatic heterocycles. The van der Waals surface area contributed by atoms with E-state index in [1.165, 1.54) is 24.8 Å². The van der Waals surface area contributed by atoms with E-state index in [0.29, 0.717) is 24.5 Å². The van der Waals surface area contributed by atoms with Crippen molar-refractivity contribution in [3.8, 4) is 5.82 Å². The molecule has 3 aromatic rings. The first kappa shape index (κ1) is 21.9. The summed E-state index contributed by atoms with van der Waals surface area (Å²) in [5.41, 5.74) is 2.77. The van der Waals surface area contributed by atoms with Crippen LogP contribution in [-0.4, -0.2) is 76.7 Å². The molecule has 1 atom stereocenters. The quantitative estimate of drug-likeness (QED) is 0.557. The molecule has 0 radical (unpaired) electrons. The molecule has 1 aromatic carbocycles. The summed E-state index contributed by atoms with van der Waals surface area (Å²) in [7, 11) is 1.69. The highest BCUT2D eigenvalue weighted by atomic mass is 16.5. The molecule has 0 N–H and O–H groups in total. The first-order valence-corrected chi connectivity index (χ1v) is 12.5. The van der Waals surface area contributed by atoms with Gasteiger partial charge in [0.05, 0.1) is 31.0 Å². The van der Waals surface area contributed by atoms with Gasteiger partial charge in [0.25, 0.3) is 0 Å². The fourth-order valence-electron chi connectivity index (χ4n) is 5.64. The summed E-state index contributed by atoms with van der Waals surface area (Å²) in [5, 5.41) is 5.86. The van der Waals surface area contributed by atoms with Crippen molar-refractivity contribution in [1.82, 2.24) is 24.6 Å². The van der Waals surface area contributed by atoms with Crippen molar-refractivity contribution in [2.75, 3.05) is 44.9 Å². The van der Waals surface area contributed by atoms with Crippen molar-refractivity contribution < 1.29 is 9.47 Å². The Morgan fingerprint density at radius 1 is 1.12 bits per heavy atom. The van der Waals surface area contributed by atoms with E-state index in [0.717, 1.165) is 55.4 Å². The average molecular weight is 463 g/mol. The van der Waals surface area contributed by atoms with Gasteiger partial charge in [-0.15, -0.1) is 0 Å². The van der Waals surface area contributed by atoms with Crippen LogP contribution >= 0.6 is 0 Å². The molecular formula is C26H34N6O2. The van der Waals surface area contributed by atoms with Gasteiger partial charge < -0.3 is 14.4 Å². The third-order valence-electron chi connectivity index (χ3n) is 8.05. The highest BCUT2D eigenvalue weighted by Gasteiger charge is 2.35. The fraction of sp³-hybridized carbons (Fsp3) is 0.577. The zero-order valence-corrected chi connectivity index (χ0v) is 20.4. The largest absolute Gasteiger partial charge is 0.378 e. The summed E-state index contributed by atoms with van der Waals surface area (Å²) in [6.07, 6.45) is 5.74. The van der Waals surface area contributed by atoms with Gasteiger partial charge in [-0.25, -0.2) is 14.6 Å². The Balaban J connectivity index is 1.34. The van der Waals surface area contributed by atoms with E-state index in [4.69, 9.17) is 24.5 Å². The number of benzene rings is 1. The molecule has 0 bridgehead atoms. The van der Waals surface area contributed by atoms with Crippen molar-refractivity contribution in [2.45, 2.75) is 57.2 Å². The second kappa shape index (κ2) is 8.59. The van der Waals surface area contributed by atoms with E-state index in [1.807, 2.05) is 10.9 Å². The summed E-state index contributed by atoms with van der Waals surface area (Å²) in [5.74, 6) is 2.42. The number of methoxy groups -OCH3 is 1. The van der Waals surface area contributed by atoms with Crippen LogP contribution in [0.4, 0.5) is 5.82 Å². The maximum Gasteiger partial charge on any atom is 0.159 e. The fourth-order valence-corrected chi connectivity index (χ4v) is 5.64. The monoisotopic (exact) mass is 462 g/mol. The van der Waals surface area contributed by atoms with Gasteiger partial charge in [0.1, 0.15) is 12.4 Å². The van der Waals surface area contributed by atoms with Crippen LogP contribution in [0, 0.1) is 0 Å². The maximum atomic E-state index is 5.42. The molecule has 0 unspecified atom stereocenters. The summed E-state index contributed by atoms with van der Waals surface area (Å²) < 4.78 is 12.8. The Morgan fingerprint density at radius 2 is 1.94 bits per heavy atom. The Bertz CT molecular complexity index is 1190. The topological polar surface area (TPSA) is 68.5 Å². The molecule has 3 fully saturated rings. The molecule has 6 rings (SSSR count). The first-order valence-electron chi connectivity index (χ1n) is 12.5. The molecule has 0 spiro atoms. The van der Waals surface area contributed by atoms with E-state index in [-0.39, 0.29) is 5.41 Å². The summed E-state index contributed by atoms with van der Waals surface area (Å²) in [6.45, 7) is 9.63. The van der Waals surface area contributed by atoms with Gasteiger partial charge in [-0.1, -0.05) is 25.5 Å². The standard InChI is InChI=1S/C26H34N6O2/c1-18-14-30(9-10-31(18)21-15-34-16-21)24-12-25(29-23(28-24)17-33-3)32-22-11-20(26(2)7-4-8-26)6-5-19(22)13-27-32/h5-6,11-13,18,21H,4,7-10,14-17H2,1-3H3/t18-/m0/s1. The van der Waals surface area contributed by atoms with Crippen LogP contribution in [0.2, 0.25) is 0 Å². The number of fused-ring (bicyclic) bond motifs is 1. The number of hydrogen-bond acceptors (Lipinski definition) is 7. The zero-order chi connectivity index (χ0) is 23.3. The van der Waals surface area contributed by atoms with E-state index < -0.39 is 0 Å². The van der Waals surface area contributed by atoms with E-state index in [1.54, 1.807) is 7.11 Å². The minimum absolute atomic E-state index is 0.280. The van der Waals surface area contributed by atoms with E-state index in [2.05, 4.69) is 47.9 Å². The lowest BCUT2D eigenvalue weighted by molar-refractivity contribution is -0.0793. The smallest absolute Gasteiger partial charge is 0.159 e. The lowest BCUT2D eigenvalue weighted by Gasteiger charge is -2.46. The predicted octanol–water partition coefficient (Wildman–Crippen LogP) is 3.31. The molecule has 1 saturated carbocycles. The highest BCUT2D eigenvalue weighted by molar-refractivity contribution is 5.81. The molecular weight excluding hydrogens is 428 g/mol. The van der Waals surface area contributed by atoms with Crippen LogP contribution < -0.4 is 4.90 Å². The summed E-state index contributed by atoms with van der Waals surface area (Å²) >= 11 is 0. The lowest BCUT2D eigenvalue weighted by Crippen LogP contribution is -2.60. The van der Waals surface area contributed by atoms with Crippen LogP contribution in [0.15, 0.2) is 30.5 Å². The number of nitrogens with zero attached hydrogens (tertiary/aromatic N) is 6. The normalized spacial score (nSPS) is 23.1. The SMILES string of the molecule is COCc1nc(N2CCN(C3COC3)[C@@H](C)C2)cc(-n2ncc3ccc(C4(C)CCC4)cc32)n1. The van der Waals surface area contributed by atoms with Gasteiger partial charge in [0.2, 0.25) is 0 Å². The molecule has 2 aliphatic heterocycles. The van der Waals surface area contributed by atoms with Crippen molar-refractivity contribution in [1.29, 1.82) is 0 Å². The second-order valence-corrected chi connectivity index (χ2v) is 10.4. The lowest BCUT2D eigenvalue weighted by atomic mass is 9.66. The molecule has 4 heterocycles. The molecule has 1 aliphatic carbocycles. The summed E-state index contributed by atoms with van der Waals surface area (Å²) in [6, 6.07) is 9.86. The zero-order valence-electron chi connectivity index (χ0n) is 20.4. The average Bonchev–Trinajstić information content (AvgIpc) is 3.21. The molecule has 34 heavy (non-hydrogen) atoms. The van der Waals surface area contributed by atoms with Crippen molar-refractivity contribution in [3.05, 3.63) is 41.9 Å². The second-order valence-electron chi connectivity index (χ2n) is 10.4. The minimum atomic E-state index is 0.280. The maximum absolute atomic E-state index is 5.42. The molecule has 180 valence electrons. The molecule has 8 heteroatoms. The Kier molecular flexibility index (Phi) is 5.54. The highest BCUT2D eigenvalue weighted by Crippen LogP contribution is 2.43. The molecule has 2 saturated heterocycles. The van der Waals surface area contributed by atoms with Gasteiger partial charge in [-0.05, 0) is 36.8 Å². The first-order chi connectivity index (χ1) is 16.5. The van der Waals surface area contributed by atoms with Crippen molar-refractivity contribution >= 4 is 16.7 Å². The third kappa shape index (κ3) is 3.78. The minimum Gasteiger partial charge on any atom is -0.378 e. The van der Waals surface area contributed by atoms with E-state index in [9.17, 15) is 0 Å². The van der Waals surface area contributed by atoms with Crippen LogP contribution in [0.25, 0.3) is 16.7 Å². The Labute approximate surface area is 200 Å². The number of anilines is 1. The van der Waals surface area contributed by atoms with Crippen LogP contribution in [0.1, 0.15) is 44.5 Å². The van der Waals surface area contributed by atoms with Crippen molar-refractivity contribution in [3.63, 3.8) is 0 Å². The van der Waals surface area contributed by atoms with Crippen LogP contribution in [0.5, 0.6) is 0 Å². The third-order valence-corrected chi connectivity index (χ3v) is 8.05. The van der Waals surface area contributed by atoms with E-state index >= 15 is 0 Å². The number of aromatic nitrogens is 4. The van der Waals surface area contributed by atoms with Crippen LogP contribution in [-0.2, 0) is 21.5 Å². The van der Waals surface area contributed by atoms with Gasteiger partial charge in [-0.2, -0.15) is 5.10 Å². The number of hydrogen-bond donors (Lipinski definition) is 0. The van der Waals surface area contributed by atoms with Gasteiger partial charge >= 0.3 is 0 Å². The van der Waals surface area contributed by atoms with Gasteiger partial charge in [0.15, 0.2) is 11.6 Å². The predicted molar refractivity (Wildman–Crippen MR) is 132 cm³/mol. The number of ether oxygens (including phenoxy) is 2. The Hall–Kier alpha value is -2.55.